The molecular weight excluding hydrogens is 510 g/mol. The van der Waals surface area contributed by atoms with Gasteiger partial charge in [-0.25, -0.2) is 8.42 Å². The fourth-order valence-electron chi connectivity index (χ4n) is 5.27. The molecule has 38 heavy (non-hydrogen) atoms. The van der Waals surface area contributed by atoms with Gasteiger partial charge in [0.15, 0.2) is 18.2 Å². The number of pyridine rings is 2. The van der Waals surface area contributed by atoms with Crippen LogP contribution in [0.3, 0.4) is 0 Å². The Morgan fingerprint density at radius 1 is 1.24 bits per heavy atom. The van der Waals surface area contributed by atoms with Crippen molar-refractivity contribution in [3.05, 3.63) is 71.8 Å². The second-order valence-corrected chi connectivity index (χ2v) is 11.4. The molecule has 1 aromatic carbocycles. The molecule has 4 heterocycles. The Balaban J connectivity index is 1.35. The Hall–Kier alpha value is -3.90. The minimum atomic E-state index is -4.12. The van der Waals surface area contributed by atoms with E-state index in [1.54, 1.807) is 30.5 Å². The predicted octanol–water partition coefficient (Wildman–Crippen LogP) is 1.01. The first-order valence-corrected chi connectivity index (χ1v) is 13.8. The zero-order valence-corrected chi connectivity index (χ0v) is 21.5. The van der Waals surface area contributed by atoms with Gasteiger partial charge < -0.3 is 15.4 Å². The van der Waals surface area contributed by atoms with E-state index in [-0.39, 0.29) is 30.2 Å². The van der Waals surface area contributed by atoms with Crippen LogP contribution >= 0.6 is 0 Å². The first-order valence-electron chi connectivity index (χ1n) is 12.4. The summed E-state index contributed by atoms with van der Waals surface area (Å²) in [7, 11) is -4.12. The van der Waals surface area contributed by atoms with Crippen molar-refractivity contribution in [1.29, 1.82) is 0 Å². The molecule has 0 aliphatic carbocycles. The van der Waals surface area contributed by atoms with Crippen LogP contribution in [0.2, 0.25) is 0 Å². The van der Waals surface area contributed by atoms with Crippen molar-refractivity contribution in [3.8, 4) is 0 Å². The molecule has 2 aliphatic rings. The highest BCUT2D eigenvalue weighted by Crippen LogP contribution is 2.34. The van der Waals surface area contributed by atoms with Crippen LogP contribution in [0.1, 0.15) is 36.5 Å². The quantitative estimate of drug-likeness (QED) is 0.350. The van der Waals surface area contributed by atoms with Crippen molar-refractivity contribution in [1.82, 2.24) is 19.5 Å². The third-order valence-electron chi connectivity index (χ3n) is 7.06. The van der Waals surface area contributed by atoms with Gasteiger partial charge in [0.2, 0.25) is 15.9 Å². The number of carbonyl (C=O) groups excluding carboxylic acids is 3. The van der Waals surface area contributed by atoms with E-state index in [1.807, 2.05) is 13.0 Å². The number of ketones is 1. The Bertz CT molecular complexity index is 1530. The highest BCUT2D eigenvalue weighted by molar-refractivity contribution is 7.89. The lowest BCUT2D eigenvalue weighted by molar-refractivity contribution is -0.607. The third kappa shape index (κ3) is 4.61. The minimum Gasteiger partial charge on any atom is -0.619 e. The van der Waals surface area contributed by atoms with Crippen molar-refractivity contribution in [3.63, 3.8) is 0 Å². The summed E-state index contributed by atoms with van der Waals surface area (Å²) in [6.45, 7) is 1.68. The van der Waals surface area contributed by atoms with Gasteiger partial charge >= 0.3 is 0 Å². The Kier molecular flexibility index (Phi) is 6.84. The van der Waals surface area contributed by atoms with Crippen molar-refractivity contribution >= 4 is 38.5 Å². The van der Waals surface area contributed by atoms with Gasteiger partial charge in [-0.2, -0.15) is 9.04 Å². The zero-order chi connectivity index (χ0) is 27.0. The molecule has 2 aliphatic heterocycles. The van der Waals surface area contributed by atoms with E-state index >= 15 is 0 Å². The van der Waals surface area contributed by atoms with Crippen molar-refractivity contribution < 1.29 is 27.5 Å². The zero-order valence-electron chi connectivity index (χ0n) is 20.7. The van der Waals surface area contributed by atoms with E-state index < -0.39 is 40.0 Å². The van der Waals surface area contributed by atoms with Gasteiger partial charge in [-0.05, 0) is 43.2 Å². The third-order valence-corrected chi connectivity index (χ3v) is 8.92. The molecule has 11 nitrogen and oxygen atoms in total. The maximum absolute atomic E-state index is 13.6. The predicted molar refractivity (Wildman–Crippen MR) is 136 cm³/mol. The van der Waals surface area contributed by atoms with E-state index in [0.29, 0.717) is 23.1 Å². The summed E-state index contributed by atoms with van der Waals surface area (Å²) in [5.74, 6) is -1.23. The smallest absolute Gasteiger partial charge is 0.251 e. The lowest BCUT2D eigenvalue weighted by atomic mass is 10.1. The van der Waals surface area contributed by atoms with Crippen LogP contribution in [-0.4, -0.2) is 71.4 Å². The summed E-state index contributed by atoms with van der Waals surface area (Å²) in [6, 6.07) is 8.77. The molecule has 198 valence electrons. The maximum atomic E-state index is 13.6. The molecule has 2 amide bonds. The van der Waals surface area contributed by atoms with Gasteiger partial charge in [0.25, 0.3) is 5.91 Å². The number of fused-ring (bicyclic) bond motifs is 2. The molecule has 1 N–H and O–H groups in total. The van der Waals surface area contributed by atoms with E-state index in [9.17, 15) is 28.0 Å². The second kappa shape index (κ2) is 10.1. The molecule has 3 unspecified atom stereocenters. The first kappa shape index (κ1) is 25.7. The Morgan fingerprint density at radius 3 is 2.82 bits per heavy atom. The van der Waals surface area contributed by atoms with Crippen molar-refractivity contribution in [2.75, 3.05) is 13.1 Å². The molecule has 5 rings (SSSR count). The van der Waals surface area contributed by atoms with Gasteiger partial charge in [0, 0.05) is 29.8 Å². The van der Waals surface area contributed by atoms with Crippen LogP contribution in [-0.2, 0) is 19.6 Å². The number of amides is 2. The molecular formula is C26H27N5O6S. The fraction of sp³-hybridized carbons (Fsp3) is 0.346. The summed E-state index contributed by atoms with van der Waals surface area (Å²) in [5, 5.41) is 15.3. The molecule has 0 radical (unpaired) electrons. The molecule has 2 fully saturated rings. The van der Waals surface area contributed by atoms with E-state index in [4.69, 9.17) is 0 Å². The second-order valence-electron chi connectivity index (χ2n) is 9.47. The number of hydrogen-bond donors (Lipinski definition) is 1. The number of rotatable bonds is 7. The van der Waals surface area contributed by atoms with Gasteiger partial charge in [-0.3, -0.25) is 19.4 Å². The van der Waals surface area contributed by atoms with Crippen molar-refractivity contribution in [2.45, 2.75) is 49.2 Å². The van der Waals surface area contributed by atoms with Crippen molar-refractivity contribution in [2.24, 2.45) is 0 Å². The SMILES string of the molecule is CCCC(NC(=O)c1ccc2ncccc2c1)C(=O)N1CCC2C1C(=O)CN2S(=O)(=O)c1ccc[n+]([O-])c1. The lowest BCUT2D eigenvalue weighted by Gasteiger charge is -2.28. The largest absolute Gasteiger partial charge is 0.619 e. The van der Waals surface area contributed by atoms with Gasteiger partial charge in [-0.1, -0.05) is 19.4 Å². The van der Waals surface area contributed by atoms with E-state index in [0.717, 1.165) is 21.4 Å². The van der Waals surface area contributed by atoms with Crippen LogP contribution < -0.4 is 10.0 Å². The Labute approximate surface area is 219 Å². The van der Waals surface area contributed by atoms with Crippen LogP contribution in [0, 0.1) is 5.21 Å². The molecule has 0 spiro atoms. The minimum absolute atomic E-state index is 0.181. The normalized spacial score (nSPS) is 20.4. The average molecular weight is 538 g/mol. The number of hydrogen-bond acceptors (Lipinski definition) is 7. The van der Waals surface area contributed by atoms with Crippen LogP contribution in [0.5, 0.6) is 0 Å². The molecule has 0 saturated carbocycles. The fourth-order valence-corrected chi connectivity index (χ4v) is 6.90. The highest BCUT2D eigenvalue weighted by atomic mass is 32.2. The molecule has 3 aromatic rings. The number of Topliss-reactive ketones (excluding diaryl/α,β-unsaturated/α-hetero) is 1. The highest BCUT2D eigenvalue weighted by Gasteiger charge is 2.54. The average Bonchev–Trinajstić information content (AvgIpc) is 3.49. The topological polar surface area (TPSA) is 144 Å². The van der Waals surface area contributed by atoms with Crippen LogP contribution in [0.4, 0.5) is 0 Å². The molecule has 0 bridgehead atoms. The number of benzene rings is 1. The summed E-state index contributed by atoms with van der Waals surface area (Å²) < 4.78 is 27.9. The van der Waals surface area contributed by atoms with Gasteiger partial charge in [-0.15, -0.1) is 0 Å². The van der Waals surface area contributed by atoms with E-state index in [1.165, 1.54) is 23.2 Å². The summed E-state index contributed by atoms with van der Waals surface area (Å²) >= 11 is 0. The molecule has 2 saturated heterocycles. The standard InChI is InChI=1S/C26H27N5O6S/c1-2-5-21(28-25(33)18-8-9-20-17(14-18)6-3-11-27-20)26(34)30-13-10-22-24(30)23(32)16-31(22)38(36,37)19-7-4-12-29(35)15-19/h3-4,6-9,11-12,14-15,21-22,24H,2,5,10,13,16H2,1H3,(H,28,33). The number of nitrogens with zero attached hydrogens (tertiary/aromatic N) is 4. The number of carbonyl (C=O) groups is 3. The van der Waals surface area contributed by atoms with Crippen LogP contribution in [0.15, 0.2) is 66.0 Å². The van der Waals surface area contributed by atoms with Crippen LogP contribution in [0.25, 0.3) is 10.9 Å². The summed E-state index contributed by atoms with van der Waals surface area (Å²) in [4.78, 5) is 45.1. The van der Waals surface area contributed by atoms with E-state index in [2.05, 4.69) is 10.3 Å². The number of nitrogens with one attached hydrogen (secondary N) is 1. The summed E-state index contributed by atoms with van der Waals surface area (Å²) in [5.41, 5.74) is 1.12. The molecule has 3 atom stereocenters. The monoisotopic (exact) mass is 537 g/mol. The lowest BCUT2D eigenvalue weighted by Crippen LogP contribution is -2.52. The first-order chi connectivity index (χ1) is 18.2. The van der Waals surface area contributed by atoms with Gasteiger partial charge in [0.1, 0.15) is 17.0 Å². The Morgan fingerprint density at radius 2 is 2.05 bits per heavy atom. The number of sulfonamides is 1. The number of aromatic nitrogens is 2. The van der Waals surface area contributed by atoms with Gasteiger partial charge in [0.05, 0.1) is 18.1 Å². The number of likely N-dealkylation sites (tertiary alicyclic amines) is 1. The summed E-state index contributed by atoms with van der Waals surface area (Å²) in [6.07, 6.45) is 5.02. The molecule has 12 heteroatoms. The molecule has 2 aromatic heterocycles. The maximum Gasteiger partial charge on any atom is 0.251 e.